The second-order valence-electron chi connectivity index (χ2n) is 6.03. The van der Waals surface area contributed by atoms with E-state index in [0.717, 1.165) is 18.4 Å². The van der Waals surface area contributed by atoms with Gasteiger partial charge in [-0.25, -0.2) is 0 Å². The fraction of sp³-hybridized carbons (Fsp3) is 0.500. The van der Waals surface area contributed by atoms with Gasteiger partial charge < -0.3 is 4.90 Å². The van der Waals surface area contributed by atoms with E-state index in [1.54, 1.807) is 23.1 Å². The van der Waals surface area contributed by atoms with Gasteiger partial charge >= 0.3 is 0 Å². The highest BCUT2D eigenvalue weighted by Crippen LogP contribution is 2.18. The van der Waals surface area contributed by atoms with E-state index in [4.69, 9.17) is 0 Å². The van der Waals surface area contributed by atoms with Crippen LogP contribution in [-0.2, 0) is 0 Å². The maximum absolute atomic E-state index is 10.9. The number of piperidine rings is 1. The van der Waals surface area contributed by atoms with Crippen LogP contribution in [0.25, 0.3) is 6.08 Å². The Kier molecular flexibility index (Phi) is 4.90. The van der Waals surface area contributed by atoms with E-state index < -0.39 is 0 Å². The second-order valence-corrected chi connectivity index (χ2v) is 6.03. The molecule has 1 N–H and O–H groups in total. The number of nitro groups is 1. The van der Waals surface area contributed by atoms with Gasteiger partial charge in [0.1, 0.15) is 0 Å². The highest BCUT2D eigenvalue weighted by molar-refractivity contribution is 5.60. The van der Waals surface area contributed by atoms with Crippen molar-refractivity contribution in [3.63, 3.8) is 0 Å². The van der Waals surface area contributed by atoms with Crippen molar-refractivity contribution in [1.29, 1.82) is 0 Å². The van der Waals surface area contributed by atoms with Crippen LogP contribution >= 0.6 is 0 Å². The van der Waals surface area contributed by atoms with Gasteiger partial charge in [0.05, 0.1) is 30.1 Å². The van der Waals surface area contributed by atoms with Crippen molar-refractivity contribution in [2.24, 2.45) is 11.8 Å². The third-order valence-electron chi connectivity index (χ3n) is 3.92. The van der Waals surface area contributed by atoms with Gasteiger partial charge in [-0.2, -0.15) is 0 Å². The van der Waals surface area contributed by atoms with Crippen molar-refractivity contribution in [2.45, 2.75) is 20.3 Å². The molecule has 2 rings (SSSR count). The van der Waals surface area contributed by atoms with Crippen molar-refractivity contribution >= 4 is 11.8 Å². The normalized spacial score (nSPS) is 26.8. The summed E-state index contributed by atoms with van der Waals surface area (Å²) in [4.78, 5) is 12.2. The van der Waals surface area contributed by atoms with Gasteiger partial charge in [-0.15, -0.1) is 0 Å². The molecule has 0 radical (unpaired) electrons. The molecule has 108 valence electrons. The molecule has 1 heterocycles. The first kappa shape index (κ1) is 14.7. The molecule has 20 heavy (non-hydrogen) atoms. The molecule has 1 aliphatic heterocycles. The number of hydrogen-bond acceptors (Lipinski definition) is 2. The van der Waals surface area contributed by atoms with Crippen LogP contribution in [0.3, 0.4) is 0 Å². The Bertz CT molecular complexity index is 489. The summed E-state index contributed by atoms with van der Waals surface area (Å²) in [6, 6.07) is 6.89. The molecule has 1 fully saturated rings. The molecule has 0 spiro atoms. The first-order valence-corrected chi connectivity index (χ1v) is 7.29. The maximum atomic E-state index is 10.9. The van der Waals surface area contributed by atoms with E-state index in [2.05, 4.69) is 19.9 Å². The molecule has 4 nitrogen and oxygen atoms in total. The Morgan fingerprint density at radius 1 is 1.30 bits per heavy atom. The van der Waals surface area contributed by atoms with E-state index in [-0.39, 0.29) is 10.6 Å². The molecule has 4 heteroatoms. The topological polar surface area (TPSA) is 47.6 Å². The first-order valence-electron chi connectivity index (χ1n) is 7.29. The quantitative estimate of drug-likeness (QED) is 0.676. The van der Waals surface area contributed by atoms with Crippen LogP contribution in [0, 0.1) is 22.0 Å². The van der Waals surface area contributed by atoms with E-state index in [1.807, 2.05) is 12.1 Å². The Morgan fingerprint density at radius 3 is 2.60 bits per heavy atom. The lowest BCUT2D eigenvalue weighted by Gasteiger charge is -2.31. The van der Waals surface area contributed by atoms with Crippen molar-refractivity contribution in [2.75, 3.05) is 19.6 Å². The summed E-state index contributed by atoms with van der Waals surface area (Å²) in [5, 5.41) is 10.9. The summed E-state index contributed by atoms with van der Waals surface area (Å²) in [5.41, 5.74) is 0.870. The molecule has 2 atom stereocenters. The average Bonchev–Trinajstić information content (AvgIpc) is 2.38. The molecule has 0 saturated carbocycles. The molecular formula is C16H23N2O2+. The largest absolute Gasteiger partial charge is 0.331 e. The third kappa shape index (κ3) is 3.90. The Morgan fingerprint density at radius 2 is 1.95 bits per heavy atom. The predicted octanol–water partition coefficient (Wildman–Crippen LogP) is 2.17. The Hall–Kier alpha value is -1.68. The number of rotatable bonds is 4. The number of para-hydroxylation sites is 1. The summed E-state index contributed by atoms with van der Waals surface area (Å²) in [6.45, 7) is 7.96. The Labute approximate surface area is 120 Å². The van der Waals surface area contributed by atoms with E-state index in [9.17, 15) is 10.1 Å². The molecule has 0 bridgehead atoms. The molecule has 1 saturated heterocycles. The van der Waals surface area contributed by atoms with Crippen LogP contribution in [0.4, 0.5) is 5.69 Å². The highest BCUT2D eigenvalue weighted by atomic mass is 16.6. The molecule has 1 aliphatic rings. The van der Waals surface area contributed by atoms with Crippen LogP contribution in [0.2, 0.25) is 0 Å². The average molecular weight is 275 g/mol. The molecule has 0 unspecified atom stereocenters. The molecule has 1 aromatic carbocycles. The predicted molar refractivity (Wildman–Crippen MR) is 80.6 cm³/mol. The van der Waals surface area contributed by atoms with Crippen LogP contribution in [0.15, 0.2) is 30.3 Å². The summed E-state index contributed by atoms with van der Waals surface area (Å²) >= 11 is 0. The fourth-order valence-electron chi connectivity index (χ4n) is 3.24. The number of hydrogen-bond donors (Lipinski definition) is 1. The van der Waals surface area contributed by atoms with Gasteiger partial charge in [0.25, 0.3) is 5.69 Å². The summed E-state index contributed by atoms with van der Waals surface area (Å²) < 4.78 is 0. The van der Waals surface area contributed by atoms with Crippen LogP contribution in [0.5, 0.6) is 0 Å². The van der Waals surface area contributed by atoms with Gasteiger partial charge in [0, 0.05) is 17.9 Å². The summed E-state index contributed by atoms with van der Waals surface area (Å²) in [6.07, 6.45) is 5.27. The maximum Gasteiger partial charge on any atom is 0.276 e. The van der Waals surface area contributed by atoms with Crippen molar-refractivity contribution < 1.29 is 9.82 Å². The van der Waals surface area contributed by atoms with Crippen LogP contribution < -0.4 is 4.90 Å². The SMILES string of the molecule is C[C@@H]1C[C@@H](C)C[NH+](C/C=C/c2ccccc2[N+](=O)[O-])C1. The lowest BCUT2D eigenvalue weighted by Crippen LogP contribution is -3.14. The molecule has 0 aliphatic carbocycles. The zero-order valence-electron chi connectivity index (χ0n) is 12.2. The standard InChI is InChI=1S/C16H22N2O2/c1-13-10-14(2)12-17(11-13)9-5-7-15-6-3-4-8-16(15)18(19)20/h3-8,13-14H,9-12H2,1-2H3/p+1/b7-5+/t13-,14-/m1/s1. The highest BCUT2D eigenvalue weighted by Gasteiger charge is 2.23. The molecule has 0 amide bonds. The van der Waals surface area contributed by atoms with Gasteiger partial charge in [-0.3, -0.25) is 10.1 Å². The minimum Gasteiger partial charge on any atom is -0.331 e. The first-order chi connectivity index (χ1) is 9.56. The summed E-state index contributed by atoms with van der Waals surface area (Å²) in [5.74, 6) is 1.54. The minimum atomic E-state index is -0.322. The smallest absolute Gasteiger partial charge is 0.276 e. The fourth-order valence-corrected chi connectivity index (χ4v) is 3.24. The molecule has 0 aromatic heterocycles. The number of nitro benzene ring substituents is 1. The molecule has 1 aromatic rings. The number of quaternary nitrogens is 1. The van der Waals surface area contributed by atoms with Gasteiger partial charge in [0.15, 0.2) is 0 Å². The van der Waals surface area contributed by atoms with Gasteiger partial charge in [-0.1, -0.05) is 26.0 Å². The van der Waals surface area contributed by atoms with Gasteiger partial charge in [0.2, 0.25) is 0 Å². The number of nitrogens with one attached hydrogen (secondary N) is 1. The Balaban J connectivity index is 1.98. The molecular weight excluding hydrogens is 252 g/mol. The van der Waals surface area contributed by atoms with Crippen molar-refractivity contribution in [1.82, 2.24) is 0 Å². The monoisotopic (exact) mass is 275 g/mol. The van der Waals surface area contributed by atoms with Crippen LogP contribution in [0.1, 0.15) is 25.8 Å². The number of nitrogens with zero attached hydrogens (tertiary/aromatic N) is 1. The minimum absolute atomic E-state index is 0.180. The third-order valence-corrected chi connectivity index (χ3v) is 3.92. The summed E-state index contributed by atoms with van der Waals surface area (Å²) in [7, 11) is 0. The van der Waals surface area contributed by atoms with E-state index in [1.165, 1.54) is 19.5 Å². The van der Waals surface area contributed by atoms with E-state index in [0.29, 0.717) is 5.56 Å². The zero-order chi connectivity index (χ0) is 14.5. The van der Waals surface area contributed by atoms with E-state index >= 15 is 0 Å². The van der Waals surface area contributed by atoms with Crippen molar-refractivity contribution in [3.05, 3.63) is 46.0 Å². The second kappa shape index (κ2) is 6.66. The zero-order valence-corrected chi connectivity index (χ0v) is 12.2. The van der Waals surface area contributed by atoms with Gasteiger partial charge in [-0.05, 0) is 24.6 Å². The van der Waals surface area contributed by atoms with Crippen LogP contribution in [-0.4, -0.2) is 24.6 Å². The van der Waals surface area contributed by atoms with Crippen molar-refractivity contribution in [3.8, 4) is 0 Å². The number of benzene rings is 1. The number of likely N-dealkylation sites (tertiary alicyclic amines) is 1. The lowest BCUT2D eigenvalue weighted by atomic mass is 9.92. The lowest BCUT2D eigenvalue weighted by molar-refractivity contribution is -0.906.